The minimum Gasteiger partial charge on any atom is -0.507 e. The number of hydrogen-bond donors (Lipinski definition) is 4. The molecular weight excluding hydrogens is 342 g/mol. The molecule has 0 aliphatic carbocycles. The lowest BCUT2D eigenvalue weighted by Crippen LogP contribution is -1.97. The molecule has 6 nitrogen and oxygen atoms in total. The van der Waals surface area contributed by atoms with E-state index in [-0.39, 0.29) is 17.4 Å². The number of aromatic nitrogens is 3. The zero-order chi connectivity index (χ0) is 17.7. The molecule has 2 heterocycles. The van der Waals surface area contributed by atoms with Crippen LogP contribution in [0.3, 0.4) is 0 Å². The Morgan fingerprint density at radius 1 is 1.08 bits per heavy atom. The summed E-state index contributed by atoms with van der Waals surface area (Å²) in [5.74, 6) is -0.571. The van der Waals surface area contributed by atoms with E-state index >= 15 is 0 Å². The Balaban J connectivity index is 2.05. The number of imidazole rings is 1. The smallest absolute Gasteiger partial charge is 0.240 e. The molecule has 0 aliphatic heterocycles. The molecule has 0 unspecified atom stereocenters. The molecule has 4 rings (SSSR count). The van der Waals surface area contributed by atoms with Crippen molar-refractivity contribution in [3.63, 3.8) is 0 Å². The number of halogens is 1. The highest BCUT2D eigenvalue weighted by atomic mass is 35.5. The first-order valence-corrected chi connectivity index (χ1v) is 7.91. The first kappa shape index (κ1) is 15.4. The Labute approximate surface area is 147 Å². The van der Waals surface area contributed by atoms with Gasteiger partial charge in [-0.15, -0.1) is 0 Å². The summed E-state index contributed by atoms with van der Waals surface area (Å²) in [5, 5.41) is 31.4. The van der Waals surface area contributed by atoms with Gasteiger partial charge in [0.2, 0.25) is 5.88 Å². The normalized spacial score (nSPS) is 11.3. The lowest BCUT2D eigenvalue weighted by Gasteiger charge is -2.13. The number of benzene rings is 2. The number of phenolic OH excluding ortho intramolecular Hbond substituents is 1. The van der Waals surface area contributed by atoms with Gasteiger partial charge in [-0.25, -0.2) is 4.98 Å². The molecule has 0 fully saturated rings. The van der Waals surface area contributed by atoms with Crippen LogP contribution in [0.1, 0.15) is 5.56 Å². The van der Waals surface area contributed by atoms with Crippen LogP contribution in [0.15, 0.2) is 42.7 Å². The zero-order valence-electron chi connectivity index (χ0n) is 13.2. The lowest BCUT2D eigenvalue weighted by molar-refractivity contribution is 0.386. The van der Waals surface area contributed by atoms with E-state index < -0.39 is 0 Å². The predicted molar refractivity (Wildman–Crippen MR) is 95.6 cm³/mol. The molecular formula is C18H14ClN3O3. The summed E-state index contributed by atoms with van der Waals surface area (Å²) in [5.41, 5.74) is 3.46. The number of nitrogens with one attached hydrogen (secondary N) is 1. The zero-order valence-corrected chi connectivity index (χ0v) is 13.9. The maximum absolute atomic E-state index is 10.5. The van der Waals surface area contributed by atoms with E-state index in [2.05, 4.69) is 9.97 Å². The van der Waals surface area contributed by atoms with Gasteiger partial charge in [0.15, 0.2) is 5.75 Å². The number of H-pyrrole nitrogens is 1. The first-order valence-electron chi connectivity index (χ1n) is 7.53. The molecule has 2 aromatic carbocycles. The summed E-state index contributed by atoms with van der Waals surface area (Å²) in [6.45, 7) is 1.66. The standard InChI is InChI=1S/C18H14ClN3O3/c1-9-16(12-6-10(19)2-5-15(12)23)22(18(25)17(9)24)11-3-4-13-14(7-11)21-8-20-13/h2-8,23-25H,1H3,(H,20,21). The van der Waals surface area contributed by atoms with Gasteiger partial charge in [-0.1, -0.05) is 11.6 Å². The van der Waals surface area contributed by atoms with Crippen molar-refractivity contribution in [1.29, 1.82) is 0 Å². The van der Waals surface area contributed by atoms with Crippen molar-refractivity contribution in [3.8, 4) is 34.3 Å². The van der Waals surface area contributed by atoms with Gasteiger partial charge in [0.1, 0.15) is 5.75 Å². The lowest BCUT2D eigenvalue weighted by atomic mass is 10.1. The highest BCUT2D eigenvalue weighted by Crippen LogP contribution is 2.45. The quantitative estimate of drug-likeness (QED) is 0.435. The molecule has 0 saturated carbocycles. The van der Waals surface area contributed by atoms with Gasteiger partial charge < -0.3 is 20.3 Å². The van der Waals surface area contributed by atoms with Crippen LogP contribution in [0.2, 0.25) is 5.02 Å². The van der Waals surface area contributed by atoms with E-state index in [0.717, 1.165) is 11.0 Å². The fourth-order valence-electron chi connectivity index (χ4n) is 2.99. The summed E-state index contributed by atoms with van der Waals surface area (Å²) in [6.07, 6.45) is 1.58. The summed E-state index contributed by atoms with van der Waals surface area (Å²) in [4.78, 5) is 7.18. The third-order valence-electron chi connectivity index (χ3n) is 4.23. The van der Waals surface area contributed by atoms with Gasteiger partial charge in [-0.2, -0.15) is 0 Å². The summed E-state index contributed by atoms with van der Waals surface area (Å²) >= 11 is 6.07. The number of nitrogens with zero attached hydrogens (tertiary/aromatic N) is 2. The number of aromatic hydroxyl groups is 3. The van der Waals surface area contributed by atoms with Crippen LogP contribution in [-0.2, 0) is 0 Å². The van der Waals surface area contributed by atoms with Gasteiger partial charge in [0, 0.05) is 16.1 Å². The van der Waals surface area contributed by atoms with Crippen LogP contribution in [0.25, 0.3) is 28.0 Å². The Morgan fingerprint density at radius 3 is 2.68 bits per heavy atom. The summed E-state index contributed by atoms with van der Waals surface area (Å²) in [7, 11) is 0. The largest absolute Gasteiger partial charge is 0.507 e. The molecule has 0 spiro atoms. The summed E-state index contributed by atoms with van der Waals surface area (Å²) < 4.78 is 1.47. The van der Waals surface area contributed by atoms with Crippen LogP contribution in [-0.4, -0.2) is 29.9 Å². The fraction of sp³-hybridized carbons (Fsp3) is 0.0556. The Kier molecular flexibility index (Phi) is 3.36. The van der Waals surface area contributed by atoms with Gasteiger partial charge in [-0.3, -0.25) is 4.57 Å². The molecule has 4 aromatic rings. The Hall–Kier alpha value is -3.12. The molecule has 0 bridgehead atoms. The Morgan fingerprint density at radius 2 is 1.88 bits per heavy atom. The molecule has 0 radical (unpaired) electrons. The highest BCUT2D eigenvalue weighted by molar-refractivity contribution is 6.31. The average Bonchev–Trinajstić information content (AvgIpc) is 3.15. The second-order valence-electron chi connectivity index (χ2n) is 5.75. The molecule has 25 heavy (non-hydrogen) atoms. The molecule has 0 amide bonds. The first-order chi connectivity index (χ1) is 12.0. The molecule has 126 valence electrons. The minimum atomic E-state index is -0.314. The topological polar surface area (TPSA) is 94.3 Å². The predicted octanol–water partition coefficient (Wildman–Crippen LogP) is 4.10. The van der Waals surface area contributed by atoms with Crippen molar-refractivity contribution in [2.24, 2.45) is 0 Å². The fourth-order valence-corrected chi connectivity index (χ4v) is 3.17. The number of rotatable bonds is 2. The maximum atomic E-state index is 10.5. The maximum Gasteiger partial charge on any atom is 0.240 e. The number of aromatic amines is 1. The van der Waals surface area contributed by atoms with Crippen LogP contribution in [0.5, 0.6) is 17.4 Å². The third-order valence-corrected chi connectivity index (χ3v) is 4.47. The Bertz CT molecular complexity index is 1110. The molecule has 4 N–H and O–H groups in total. The van der Waals surface area contributed by atoms with Crippen molar-refractivity contribution in [3.05, 3.63) is 53.3 Å². The van der Waals surface area contributed by atoms with E-state index in [9.17, 15) is 15.3 Å². The number of hydrogen-bond acceptors (Lipinski definition) is 4. The van der Waals surface area contributed by atoms with E-state index in [1.165, 1.54) is 10.6 Å². The molecule has 0 atom stereocenters. The second kappa shape index (κ2) is 5.46. The molecule has 0 saturated heterocycles. The molecule has 2 aromatic heterocycles. The third kappa shape index (κ3) is 2.30. The SMILES string of the molecule is Cc1c(O)c(O)n(-c2ccc3nc[nH]c3c2)c1-c1cc(Cl)ccc1O. The molecule has 0 aliphatic rings. The van der Waals surface area contributed by atoms with Crippen LogP contribution in [0.4, 0.5) is 0 Å². The van der Waals surface area contributed by atoms with Gasteiger partial charge in [0.05, 0.1) is 28.7 Å². The molecule has 7 heteroatoms. The van der Waals surface area contributed by atoms with E-state index in [0.29, 0.717) is 27.5 Å². The number of fused-ring (bicyclic) bond motifs is 1. The van der Waals surface area contributed by atoms with Crippen molar-refractivity contribution < 1.29 is 15.3 Å². The second-order valence-corrected chi connectivity index (χ2v) is 6.18. The van der Waals surface area contributed by atoms with E-state index in [1.807, 2.05) is 0 Å². The van der Waals surface area contributed by atoms with Crippen LogP contribution < -0.4 is 0 Å². The van der Waals surface area contributed by atoms with E-state index in [4.69, 9.17) is 11.6 Å². The van der Waals surface area contributed by atoms with Crippen LogP contribution in [0, 0.1) is 6.92 Å². The van der Waals surface area contributed by atoms with E-state index in [1.54, 1.807) is 43.6 Å². The van der Waals surface area contributed by atoms with Crippen molar-refractivity contribution in [2.75, 3.05) is 0 Å². The van der Waals surface area contributed by atoms with Gasteiger partial charge >= 0.3 is 0 Å². The van der Waals surface area contributed by atoms with Gasteiger partial charge in [0.25, 0.3) is 0 Å². The van der Waals surface area contributed by atoms with Crippen molar-refractivity contribution in [1.82, 2.24) is 14.5 Å². The van der Waals surface area contributed by atoms with Crippen molar-refractivity contribution >= 4 is 22.6 Å². The van der Waals surface area contributed by atoms with Crippen LogP contribution >= 0.6 is 11.6 Å². The van der Waals surface area contributed by atoms with Crippen molar-refractivity contribution in [2.45, 2.75) is 6.92 Å². The summed E-state index contributed by atoms with van der Waals surface area (Å²) in [6, 6.07) is 10.00. The van der Waals surface area contributed by atoms with Gasteiger partial charge in [-0.05, 0) is 43.3 Å². The average molecular weight is 356 g/mol. The minimum absolute atomic E-state index is 0.00568. The number of phenols is 1. The highest BCUT2D eigenvalue weighted by Gasteiger charge is 2.24. The monoisotopic (exact) mass is 355 g/mol.